The summed E-state index contributed by atoms with van der Waals surface area (Å²) in [4.78, 5) is 16.7. The average molecular weight is 315 g/mol. The number of carbonyl (C=O) groups is 1. The minimum absolute atomic E-state index is 0.0861. The fraction of sp³-hybridized carbons (Fsp3) is 0.438. The van der Waals surface area contributed by atoms with Gasteiger partial charge in [0.05, 0.1) is 24.9 Å². The standard InChI is InChI=1S/C16H21N5O2/c1-20(2)11-14-15(12-6-4-3-5-7-12)21(8-9-23-14)16(22)13-10-17-19-18-13/h3-7,10,14-15H,8-9,11H2,1-2H3,(H,17,18,19)/t14-,15-/m0/s1. The summed E-state index contributed by atoms with van der Waals surface area (Å²) < 4.78 is 5.97. The maximum atomic E-state index is 12.8. The summed E-state index contributed by atoms with van der Waals surface area (Å²) in [7, 11) is 4.01. The molecular weight excluding hydrogens is 294 g/mol. The van der Waals surface area contributed by atoms with Crippen LogP contribution in [0.1, 0.15) is 22.1 Å². The Morgan fingerprint density at radius 2 is 2.17 bits per heavy atom. The Kier molecular flexibility index (Phi) is 4.68. The van der Waals surface area contributed by atoms with Gasteiger partial charge in [-0.25, -0.2) is 0 Å². The van der Waals surface area contributed by atoms with Crippen LogP contribution in [-0.4, -0.2) is 71.0 Å². The molecule has 0 spiro atoms. The molecule has 0 bridgehead atoms. The average Bonchev–Trinajstić information content (AvgIpc) is 3.08. The van der Waals surface area contributed by atoms with E-state index in [4.69, 9.17) is 4.74 Å². The zero-order valence-corrected chi connectivity index (χ0v) is 13.3. The molecule has 1 aromatic carbocycles. The first-order chi connectivity index (χ1) is 11.2. The maximum Gasteiger partial charge on any atom is 0.276 e. The number of rotatable bonds is 4. The largest absolute Gasteiger partial charge is 0.373 e. The smallest absolute Gasteiger partial charge is 0.276 e. The maximum absolute atomic E-state index is 12.8. The number of morpholine rings is 1. The number of likely N-dealkylation sites (N-methyl/N-ethyl adjacent to an activating group) is 1. The van der Waals surface area contributed by atoms with Gasteiger partial charge in [0.2, 0.25) is 0 Å². The third kappa shape index (κ3) is 3.40. The fourth-order valence-corrected chi connectivity index (χ4v) is 2.97. The van der Waals surface area contributed by atoms with Crippen molar-refractivity contribution in [1.82, 2.24) is 25.2 Å². The van der Waals surface area contributed by atoms with E-state index < -0.39 is 0 Å². The van der Waals surface area contributed by atoms with E-state index in [1.165, 1.54) is 6.20 Å². The van der Waals surface area contributed by atoms with Gasteiger partial charge in [0.1, 0.15) is 0 Å². The molecule has 2 heterocycles. The Morgan fingerprint density at radius 3 is 2.83 bits per heavy atom. The normalized spacial score (nSPS) is 21.6. The second-order valence-electron chi connectivity index (χ2n) is 5.88. The van der Waals surface area contributed by atoms with Crippen molar-refractivity contribution in [2.45, 2.75) is 12.1 Å². The topological polar surface area (TPSA) is 74.3 Å². The van der Waals surface area contributed by atoms with Crippen molar-refractivity contribution in [2.75, 3.05) is 33.8 Å². The van der Waals surface area contributed by atoms with Gasteiger partial charge in [-0.05, 0) is 19.7 Å². The van der Waals surface area contributed by atoms with E-state index in [2.05, 4.69) is 20.3 Å². The van der Waals surface area contributed by atoms with Gasteiger partial charge in [-0.15, -0.1) is 0 Å². The predicted molar refractivity (Wildman–Crippen MR) is 84.9 cm³/mol. The lowest BCUT2D eigenvalue weighted by Gasteiger charge is -2.42. The molecule has 1 amide bonds. The highest BCUT2D eigenvalue weighted by Gasteiger charge is 2.37. The molecule has 1 aliphatic rings. The molecule has 1 fully saturated rings. The SMILES string of the molecule is CN(C)C[C@@H]1OCCN(C(=O)c2cn[nH]n2)[C@H]1c1ccccc1. The number of H-pyrrole nitrogens is 1. The molecule has 23 heavy (non-hydrogen) atoms. The number of hydrogen-bond donors (Lipinski definition) is 1. The Labute approximate surface area is 135 Å². The number of ether oxygens (including phenoxy) is 1. The van der Waals surface area contributed by atoms with Crippen LogP contribution in [0.15, 0.2) is 36.5 Å². The van der Waals surface area contributed by atoms with Gasteiger partial charge in [-0.2, -0.15) is 15.4 Å². The molecule has 7 nitrogen and oxygen atoms in total. The summed E-state index contributed by atoms with van der Waals surface area (Å²) in [6.45, 7) is 1.79. The highest BCUT2D eigenvalue weighted by atomic mass is 16.5. The van der Waals surface area contributed by atoms with Crippen LogP contribution in [-0.2, 0) is 4.74 Å². The lowest BCUT2D eigenvalue weighted by Crippen LogP contribution is -2.51. The van der Waals surface area contributed by atoms with Crippen LogP contribution >= 0.6 is 0 Å². The molecule has 0 radical (unpaired) electrons. The number of carbonyl (C=O) groups excluding carboxylic acids is 1. The van der Waals surface area contributed by atoms with E-state index >= 15 is 0 Å². The summed E-state index contributed by atoms with van der Waals surface area (Å²) in [6, 6.07) is 9.86. The van der Waals surface area contributed by atoms with Crippen LogP contribution in [0, 0.1) is 0 Å². The fourth-order valence-electron chi connectivity index (χ4n) is 2.97. The molecular formula is C16H21N5O2. The van der Waals surface area contributed by atoms with Gasteiger partial charge in [0.25, 0.3) is 5.91 Å². The number of nitrogens with one attached hydrogen (secondary N) is 1. The van der Waals surface area contributed by atoms with E-state index in [0.717, 1.165) is 12.1 Å². The summed E-state index contributed by atoms with van der Waals surface area (Å²) in [5, 5.41) is 10.2. The molecule has 2 aromatic rings. The Morgan fingerprint density at radius 1 is 1.39 bits per heavy atom. The summed E-state index contributed by atoms with van der Waals surface area (Å²) in [5.74, 6) is -0.125. The number of aromatic amines is 1. The van der Waals surface area contributed by atoms with E-state index in [0.29, 0.717) is 18.8 Å². The van der Waals surface area contributed by atoms with Crippen molar-refractivity contribution < 1.29 is 9.53 Å². The molecule has 0 aliphatic carbocycles. The lowest BCUT2D eigenvalue weighted by atomic mass is 9.97. The molecule has 3 rings (SSSR count). The van der Waals surface area contributed by atoms with E-state index in [9.17, 15) is 4.79 Å². The Bertz CT molecular complexity index is 629. The molecule has 2 atom stereocenters. The zero-order valence-electron chi connectivity index (χ0n) is 13.3. The van der Waals surface area contributed by atoms with Crippen LogP contribution in [0.4, 0.5) is 0 Å². The molecule has 0 unspecified atom stereocenters. The van der Waals surface area contributed by atoms with Gasteiger partial charge in [0.15, 0.2) is 5.69 Å². The van der Waals surface area contributed by atoms with Crippen LogP contribution in [0.5, 0.6) is 0 Å². The molecule has 1 N–H and O–H groups in total. The number of benzene rings is 1. The van der Waals surface area contributed by atoms with Crippen molar-refractivity contribution in [3.63, 3.8) is 0 Å². The van der Waals surface area contributed by atoms with Gasteiger partial charge in [-0.3, -0.25) is 4.79 Å². The first-order valence-corrected chi connectivity index (χ1v) is 7.65. The van der Waals surface area contributed by atoms with Gasteiger partial charge in [0, 0.05) is 13.1 Å². The monoisotopic (exact) mass is 315 g/mol. The second kappa shape index (κ2) is 6.89. The molecule has 7 heteroatoms. The van der Waals surface area contributed by atoms with Crippen molar-refractivity contribution >= 4 is 5.91 Å². The third-order valence-electron chi connectivity index (χ3n) is 3.93. The van der Waals surface area contributed by atoms with Crippen molar-refractivity contribution in [2.24, 2.45) is 0 Å². The number of nitrogens with zero attached hydrogens (tertiary/aromatic N) is 4. The first-order valence-electron chi connectivity index (χ1n) is 7.65. The molecule has 122 valence electrons. The molecule has 1 saturated heterocycles. The van der Waals surface area contributed by atoms with Gasteiger partial charge >= 0.3 is 0 Å². The Hall–Kier alpha value is -2.25. The quantitative estimate of drug-likeness (QED) is 0.909. The summed E-state index contributed by atoms with van der Waals surface area (Å²) in [6.07, 6.45) is 1.37. The lowest BCUT2D eigenvalue weighted by molar-refractivity contribution is -0.0686. The summed E-state index contributed by atoms with van der Waals surface area (Å²) in [5.41, 5.74) is 1.40. The molecule has 1 aromatic heterocycles. The third-order valence-corrected chi connectivity index (χ3v) is 3.93. The highest BCUT2D eigenvalue weighted by Crippen LogP contribution is 2.31. The molecule has 1 aliphatic heterocycles. The van der Waals surface area contributed by atoms with Crippen LogP contribution in [0.3, 0.4) is 0 Å². The van der Waals surface area contributed by atoms with Crippen LogP contribution in [0.2, 0.25) is 0 Å². The number of amides is 1. The zero-order chi connectivity index (χ0) is 16.2. The van der Waals surface area contributed by atoms with Gasteiger partial charge < -0.3 is 14.5 Å². The van der Waals surface area contributed by atoms with E-state index in [-0.39, 0.29) is 18.1 Å². The molecule has 0 saturated carbocycles. The van der Waals surface area contributed by atoms with Crippen molar-refractivity contribution in [3.8, 4) is 0 Å². The highest BCUT2D eigenvalue weighted by molar-refractivity contribution is 5.92. The second-order valence-corrected chi connectivity index (χ2v) is 5.88. The number of hydrogen-bond acceptors (Lipinski definition) is 5. The van der Waals surface area contributed by atoms with Crippen LogP contribution in [0.25, 0.3) is 0 Å². The number of aromatic nitrogens is 3. The predicted octanol–water partition coefficient (Wildman–Crippen LogP) is 0.949. The van der Waals surface area contributed by atoms with Gasteiger partial charge in [-0.1, -0.05) is 30.3 Å². The van der Waals surface area contributed by atoms with Crippen molar-refractivity contribution in [1.29, 1.82) is 0 Å². The van der Waals surface area contributed by atoms with Crippen LogP contribution < -0.4 is 0 Å². The van der Waals surface area contributed by atoms with E-state index in [1.807, 2.05) is 49.3 Å². The Balaban J connectivity index is 1.93. The summed E-state index contributed by atoms with van der Waals surface area (Å²) >= 11 is 0. The van der Waals surface area contributed by atoms with Crippen molar-refractivity contribution in [3.05, 3.63) is 47.8 Å². The van der Waals surface area contributed by atoms with E-state index in [1.54, 1.807) is 0 Å². The minimum Gasteiger partial charge on any atom is -0.373 e. The first kappa shape index (κ1) is 15.6. The minimum atomic E-state index is -0.142.